The number of carbonyl (C=O) groups excluding carboxylic acids is 1. The average Bonchev–Trinajstić information content (AvgIpc) is 2.35. The van der Waals surface area contributed by atoms with Gasteiger partial charge >= 0.3 is 0 Å². The summed E-state index contributed by atoms with van der Waals surface area (Å²) in [6.07, 6.45) is 0. The van der Waals surface area contributed by atoms with Gasteiger partial charge in [-0.2, -0.15) is 0 Å². The van der Waals surface area contributed by atoms with Gasteiger partial charge in [-0.15, -0.1) is 0 Å². The fourth-order valence-corrected chi connectivity index (χ4v) is 1.97. The van der Waals surface area contributed by atoms with Crippen LogP contribution >= 0.6 is 0 Å². The first-order valence-corrected chi connectivity index (χ1v) is 6.48. The van der Waals surface area contributed by atoms with E-state index in [0.29, 0.717) is 0 Å². The number of aliphatic hydroxyl groups excluding tert-OH is 1. The Hall–Kier alpha value is -1.55. The number of aliphatic hydroxyl groups is 1. The predicted octanol–water partition coefficient (Wildman–Crippen LogP) is 2.52. The van der Waals surface area contributed by atoms with Gasteiger partial charge in [0.05, 0.1) is 19.6 Å². The number of hydrogen-bond donors (Lipinski definition) is 2. The van der Waals surface area contributed by atoms with Crippen molar-refractivity contribution in [2.24, 2.45) is 11.8 Å². The van der Waals surface area contributed by atoms with Gasteiger partial charge in [-0.25, -0.2) is 0 Å². The molecule has 0 spiro atoms. The van der Waals surface area contributed by atoms with Crippen molar-refractivity contribution < 1.29 is 14.6 Å². The molecule has 1 aromatic rings. The molecule has 0 heterocycles. The molecule has 1 rings (SSSR count). The molecule has 0 aliphatic rings. The largest absolute Gasteiger partial charge is 0.496 e. The van der Waals surface area contributed by atoms with Crippen molar-refractivity contribution in [3.8, 4) is 5.75 Å². The Labute approximate surface area is 114 Å². The molecule has 4 heteroatoms. The van der Waals surface area contributed by atoms with Crippen molar-refractivity contribution in [3.63, 3.8) is 0 Å². The number of anilines is 1. The van der Waals surface area contributed by atoms with E-state index in [-0.39, 0.29) is 24.3 Å². The molecule has 0 radical (unpaired) electrons. The monoisotopic (exact) mass is 265 g/mol. The van der Waals surface area contributed by atoms with Crippen LogP contribution in [0.5, 0.6) is 5.75 Å². The van der Waals surface area contributed by atoms with Crippen molar-refractivity contribution in [2.45, 2.75) is 27.7 Å². The Kier molecular flexibility index (Phi) is 5.36. The minimum Gasteiger partial charge on any atom is -0.496 e. The zero-order valence-electron chi connectivity index (χ0n) is 12.3. The standard InChI is InChI=1S/C15H23NO3/c1-9(2)12(8-17)15(18)16-13-6-7-14(19-5)11(4)10(13)3/h6-7,9,12,17H,8H2,1-5H3,(H,16,18). The van der Waals surface area contributed by atoms with Gasteiger partial charge in [-0.1, -0.05) is 13.8 Å². The third-order valence-corrected chi connectivity index (χ3v) is 3.55. The molecular formula is C15H23NO3. The van der Waals surface area contributed by atoms with Crippen LogP contribution in [0, 0.1) is 25.7 Å². The van der Waals surface area contributed by atoms with Crippen molar-refractivity contribution in [2.75, 3.05) is 19.0 Å². The van der Waals surface area contributed by atoms with Crippen LogP contribution in [0.1, 0.15) is 25.0 Å². The minimum absolute atomic E-state index is 0.102. The lowest BCUT2D eigenvalue weighted by molar-refractivity contribution is -0.122. The van der Waals surface area contributed by atoms with Crippen LogP contribution in [0.4, 0.5) is 5.69 Å². The molecule has 0 aliphatic heterocycles. The fraction of sp³-hybridized carbons (Fsp3) is 0.533. The van der Waals surface area contributed by atoms with Gasteiger partial charge in [0.25, 0.3) is 0 Å². The van der Waals surface area contributed by atoms with Gasteiger partial charge in [-0.05, 0) is 43.0 Å². The topological polar surface area (TPSA) is 58.6 Å². The summed E-state index contributed by atoms with van der Waals surface area (Å²) >= 11 is 0. The summed E-state index contributed by atoms with van der Waals surface area (Å²) in [5.74, 6) is 0.370. The molecule has 1 atom stereocenters. The maximum Gasteiger partial charge on any atom is 0.230 e. The van der Waals surface area contributed by atoms with Gasteiger partial charge in [-0.3, -0.25) is 4.79 Å². The van der Waals surface area contributed by atoms with Crippen LogP contribution in [0.15, 0.2) is 12.1 Å². The number of ether oxygens (including phenoxy) is 1. The van der Waals surface area contributed by atoms with E-state index in [9.17, 15) is 9.90 Å². The Balaban J connectivity index is 2.94. The highest BCUT2D eigenvalue weighted by Gasteiger charge is 2.22. The minimum atomic E-state index is -0.387. The molecule has 0 aromatic heterocycles. The highest BCUT2D eigenvalue weighted by atomic mass is 16.5. The first-order chi connectivity index (χ1) is 8.92. The maximum atomic E-state index is 12.1. The van der Waals surface area contributed by atoms with Crippen molar-refractivity contribution in [1.82, 2.24) is 0 Å². The molecule has 1 aromatic carbocycles. The second-order valence-electron chi connectivity index (χ2n) is 5.09. The third kappa shape index (κ3) is 3.47. The molecule has 0 bridgehead atoms. The van der Waals surface area contributed by atoms with Gasteiger partial charge in [0.15, 0.2) is 0 Å². The van der Waals surface area contributed by atoms with E-state index in [4.69, 9.17) is 4.74 Å². The molecule has 0 saturated heterocycles. The van der Waals surface area contributed by atoms with Crippen LogP contribution in [0.2, 0.25) is 0 Å². The molecular weight excluding hydrogens is 242 g/mol. The Bertz CT molecular complexity index is 455. The van der Waals surface area contributed by atoms with Crippen LogP contribution in [-0.4, -0.2) is 24.7 Å². The van der Waals surface area contributed by atoms with Crippen LogP contribution in [0.3, 0.4) is 0 Å². The molecule has 4 nitrogen and oxygen atoms in total. The van der Waals surface area contributed by atoms with Gasteiger partial charge in [0.1, 0.15) is 5.75 Å². The SMILES string of the molecule is COc1ccc(NC(=O)C(CO)C(C)C)c(C)c1C. The number of hydrogen-bond acceptors (Lipinski definition) is 3. The van der Waals surface area contributed by atoms with Gasteiger partial charge in [0.2, 0.25) is 5.91 Å². The molecule has 1 amide bonds. The van der Waals surface area contributed by atoms with Crippen molar-refractivity contribution >= 4 is 11.6 Å². The molecule has 0 aliphatic carbocycles. The Morgan fingerprint density at radius 3 is 2.42 bits per heavy atom. The quantitative estimate of drug-likeness (QED) is 0.860. The zero-order valence-corrected chi connectivity index (χ0v) is 12.3. The lowest BCUT2D eigenvalue weighted by Gasteiger charge is -2.19. The van der Waals surface area contributed by atoms with Gasteiger partial charge in [0, 0.05) is 5.69 Å². The number of benzene rings is 1. The van der Waals surface area contributed by atoms with E-state index in [1.165, 1.54) is 0 Å². The molecule has 19 heavy (non-hydrogen) atoms. The summed E-state index contributed by atoms with van der Waals surface area (Å²) < 4.78 is 5.24. The van der Waals surface area contributed by atoms with E-state index in [1.54, 1.807) is 7.11 Å². The summed E-state index contributed by atoms with van der Waals surface area (Å²) in [5.41, 5.74) is 2.75. The highest BCUT2D eigenvalue weighted by Crippen LogP contribution is 2.27. The van der Waals surface area contributed by atoms with E-state index >= 15 is 0 Å². The molecule has 0 saturated carbocycles. The van der Waals surface area contributed by atoms with Crippen LogP contribution in [-0.2, 0) is 4.79 Å². The normalized spacial score (nSPS) is 12.4. The molecule has 0 fully saturated rings. The first kappa shape index (κ1) is 15.5. The average molecular weight is 265 g/mol. The second-order valence-corrected chi connectivity index (χ2v) is 5.09. The summed E-state index contributed by atoms with van der Waals surface area (Å²) in [6.45, 7) is 7.60. The number of rotatable bonds is 5. The van der Waals surface area contributed by atoms with Crippen molar-refractivity contribution in [3.05, 3.63) is 23.3 Å². The Morgan fingerprint density at radius 2 is 1.95 bits per heavy atom. The lowest BCUT2D eigenvalue weighted by Crippen LogP contribution is -2.30. The maximum absolute atomic E-state index is 12.1. The van der Waals surface area contributed by atoms with E-state index in [1.807, 2.05) is 39.8 Å². The molecule has 2 N–H and O–H groups in total. The fourth-order valence-electron chi connectivity index (χ4n) is 1.97. The summed E-state index contributed by atoms with van der Waals surface area (Å²) in [7, 11) is 1.63. The number of carbonyl (C=O) groups is 1. The smallest absolute Gasteiger partial charge is 0.230 e. The zero-order chi connectivity index (χ0) is 14.6. The summed E-state index contributed by atoms with van der Waals surface area (Å²) in [5, 5.41) is 12.2. The summed E-state index contributed by atoms with van der Waals surface area (Å²) in [4.78, 5) is 12.1. The third-order valence-electron chi connectivity index (χ3n) is 3.55. The predicted molar refractivity (Wildman–Crippen MR) is 76.5 cm³/mol. The van der Waals surface area contributed by atoms with E-state index in [0.717, 1.165) is 22.6 Å². The highest BCUT2D eigenvalue weighted by molar-refractivity contribution is 5.93. The second kappa shape index (κ2) is 6.57. The summed E-state index contributed by atoms with van der Waals surface area (Å²) in [6, 6.07) is 3.66. The molecule has 106 valence electrons. The first-order valence-electron chi connectivity index (χ1n) is 6.48. The number of methoxy groups -OCH3 is 1. The van der Waals surface area contributed by atoms with E-state index in [2.05, 4.69) is 5.32 Å². The van der Waals surface area contributed by atoms with Crippen LogP contribution < -0.4 is 10.1 Å². The van der Waals surface area contributed by atoms with E-state index < -0.39 is 0 Å². The number of nitrogens with one attached hydrogen (secondary N) is 1. The Morgan fingerprint density at radius 1 is 1.32 bits per heavy atom. The lowest BCUT2D eigenvalue weighted by atomic mass is 9.95. The van der Waals surface area contributed by atoms with Gasteiger partial charge < -0.3 is 15.2 Å². The van der Waals surface area contributed by atoms with Crippen molar-refractivity contribution in [1.29, 1.82) is 0 Å². The molecule has 1 unspecified atom stereocenters. The van der Waals surface area contributed by atoms with Crippen LogP contribution in [0.25, 0.3) is 0 Å². The number of amides is 1.